The molecule has 5 rings (SSSR count). The standard InChI is InChI=1S/C16H19N3O/c20-13-2-1-11-3-6-17-16(14(11)9-13)18-15-10-19-7-4-12(15)5-8-19/h1-3,6,9,12,15,20H,4-5,7-8,10H2,(H,17,18). The minimum Gasteiger partial charge on any atom is -0.508 e. The second kappa shape index (κ2) is 4.63. The van der Waals surface area contributed by atoms with Crippen LogP contribution in [0.1, 0.15) is 12.8 Å². The van der Waals surface area contributed by atoms with E-state index in [1.54, 1.807) is 12.1 Å². The van der Waals surface area contributed by atoms with Gasteiger partial charge in [-0.1, -0.05) is 6.07 Å². The number of nitrogens with zero attached hydrogens (tertiary/aromatic N) is 2. The Morgan fingerprint density at radius 2 is 2.05 bits per heavy atom. The first-order chi connectivity index (χ1) is 9.79. The fraction of sp³-hybridized carbons (Fsp3) is 0.438. The van der Waals surface area contributed by atoms with E-state index >= 15 is 0 Å². The molecule has 1 aromatic carbocycles. The van der Waals surface area contributed by atoms with Crippen molar-refractivity contribution in [2.75, 3.05) is 25.0 Å². The predicted molar refractivity (Wildman–Crippen MR) is 80.0 cm³/mol. The van der Waals surface area contributed by atoms with Gasteiger partial charge in [-0.05, 0) is 55.4 Å². The van der Waals surface area contributed by atoms with E-state index in [1.165, 1.54) is 25.9 Å². The smallest absolute Gasteiger partial charge is 0.134 e. The Kier molecular flexibility index (Phi) is 2.77. The molecule has 2 aromatic rings. The number of aromatic hydroxyl groups is 1. The number of anilines is 1. The van der Waals surface area contributed by atoms with Crippen LogP contribution in [0, 0.1) is 5.92 Å². The van der Waals surface area contributed by atoms with Crippen molar-refractivity contribution < 1.29 is 5.11 Å². The van der Waals surface area contributed by atoms with E-state index in [0.717, 1.165) is 29.1 Å². The molecule has 1 aromatic heterocycles. The predicted octanol–water partition coefficient (Wildman–Crippen LogP) is 2.45. The molecular formula is C16H19N3O. The van der Waals surface area contributed by atoms with Crippen molar-refractivity contribution in [2.45, 2.75) is 18.9 Å². The molecule has 1 unspecified atom stereocenters. The molecule has 20 heavy (non-hydrogen) atoms. The number of phenolic OH excluding ortho intramolecular Hbond substituents is 1. The van der Waals surface area contributed by atoms with Crippen LogP contribution < -0.4 is 5.32 Å². The minimum atomic E-state index is 0.294. The Bertz CT molecular complexity index is 635. The van der Waals surface area contributed by atoms with Gasteiger partial charge in [-0.2, -0.15) is 0 Å². The minimum absolute atomic E-state index is 0.294. The second-order valence-corrected chi connectivity index (χ2v) is 5.95. The van der Waals surface area contributed by atoms with Gasteiger partial charge in [-0.25, -0.2) is 4.98 Å². The normalized spacial score (nSPS) is 28.7. The van der Waals surface area contributed by atoms with Crippen LogP contribution in [0.5, 0.6) is 5.75 Å². The van der Waals surface area contributed by atoms with E-state index < -0.39 is 0 Å². The summed E-state index contributed by atoms with van der Waals surface area (Å²) in [7, 11) is 0. The highest BCUT2D eigenvalue weighted by molar-refractivity contribution is 5.92. The molecule has 2 bridgehead atoms. The lowest BCUT2D eigenvalue weighted by Crippen LogP contribution is -2.53. The summed E-state index contributed by atoms with van der Waals surface area (Å²) in [5.74, 6) is 1.95. The van der Waals surface area contributed by atoms with Crippen LogP contribution in [-0.2, 0) is 0 Å². The van der Waals surface area contributed by atoms with E-state index in [0.29, 0.717) is 11.8 Å². The van der Waals surface area contributed by atoms with Gasteiger partial charge < -0.3 is 15.3 Å². The van der Waals surface area contributed by atoms with Crippen molar-refractivity contribution in [2.24, 2.45) is 5.92 Å². The Morgan fingerprint density at radius 3 is 2.80 bits per heavy atom. The monoisotopic (exact) mass is 269 g/mol. The topological polar surface area (TPSA) is 48.4 Å². The van der Waals surface area contributed by atoms with Crippen LogP contribution in [0.15, 0.2) is 30.5 Å². The molecule has 2 N–H and O–H groups in total. The molecular weight excluding hydrogens is 250 g/mol. The molecule has 4 heterocycles. The van der Waals surface area contributed by atoms with Gasteiger partial charge in [0.15, 0.2) is 0 Å². The molecule has 3 fully saturated rings. The summed E-state index contributed by atoms with van der Waals surface area (Å²) in [4.78, 5) is 7.01. The third kappa shape index (κ3) is 2.00. The molecule has 104 valence electrons. The maximum Gasteiger partial charge on any atom is 0.134 e. The molecule has 3 aliphatic rings. The summed E-state index contributed by atoms with van der Waals surface area (Å²) in [6, 6.07) is 7.93. The van der Waals surface area contributed by atoms with Crippen LogP contribution in [0.4, 0.5) is 5.82 Å². The SMILES string of the molecule is Oc1ccc2ccnc(NC3CN4CCC3CC4)c2c1. The number of benzene rings is 1. The largest absolute Gasteiger partial charge is 0.508 e. The lowest BCUT2D eigenvalue weighted by molar-refractivity contribution is 0.0974. The number of fused-ring (bicyclic) bond motifs is 4. The van der Waals surface area contributed by atoms with Crippen molar-refractivity contribution in [3.05, 3.63) is 30.5 Å². The molecule has 0 aliphatic carbocycles. The van der Waals surface area contributed by atoms with Gasteiger partial charge in [0.25, 0.3) is 0 Å². The molecule has 0 amide bonds. The summed E-state index contributed by atoms with van der Waals surface area (Å²) in [6.45, 7) is 3.60. The van der Waals surface area contributed by atoms with Gasteiger partial charge in [-0.3, -0.25) is 0 Å². The van der Waals surface area contributed by atoms with Crippen LogP contribution in [0.25, 0.3) is 10.8 Å². The molecule has 3 saturated heterocycles. The fourth-order valence-corrected chi connectivity index (χ4v) is 3.58. The maximum atomic E-state index is 9.70. The molecule has 4 heteroatoms. The van der Waals surface area contributed by atoms with E-state index in [-0.39, 0.29) is 0 Å². The number of aromatic nitrogens is 1. The zero-order chi connectivity index (χ0) is 13.5. The zero-order valence-corrected chi connectivity index (χ0v) is 11.4. The number of hydrogen-bond donors (Lipinski definition) is 2. The third-order valence-corrected chi connectivity index (χ3v) is 4.73. The zero-order valence-electron chi connectivity index (χ0n) is 11.4. The molecule has 3 aliphatic heterocycles. The summed E-state index contributed by atoms with van der Waals surface area (Å²) in [5.41, 5.74) is 0. The van der Waals surface area contributed by atoms with Gasteiger partial charge in [-0.15, -0.1) is 0 Å². The molecule has 0 saturated carbocycles. The lowest BCUT2D eigenvalue weighted by Gasteiger charge is -2.45. The highest BCUT2D eigenvalue weighted by atomic mass is 16.3. The van der Waals surface area contributed by atoms with Gasteiger partial charge >= 0.3 is 0 Å². The van der Waals surface area contributed by atoms with E-state index in [9.17, 15) is 5.11 Å². The van der Waals surface area contributed by atoms with Crippen LogP contribution >= 0.6 is 0 Å². The number of nitrogens with one attached hydrogen (secondary N) is 1. The van der Waals surface area contributed by atoms with Crippen LogP contribution in [0.3, 0.4) is 0 Å². The first kappa shape index (κ1) is 12.0. The number of piperidine rings is 3. The van der Waals surface area contributed by atoms with Crippen molar-refractivity contribution in [3.63, 3.8) is 0 Å². The number of phenols is 1. The summed E-state index contributed by atoms with van der Waals surface area (Å²) >= 11 is 0. The van der Waals surface area contributed by atoms with Gasteiger partial charge in [0.1, 0.15) is 11.6 Å². The Balaban J connectivity index is 1.67. The fourth-order valence-electron chi connectivity index (χ4n) is 3.58. The van der Waals surface area contributed by atoms with Crippen LogP contribution in [0.2, 0.25) is 0 Å². The highest BCUT2D eigenvalue weighted by Gasteiger charge is 2.34. The van der Waals surface area contributed by atoms with E-state index in [4.69, 9.17) is 0 Å². The average Bonchev–Trinajstić information content (AvgIpc) is 2.49. The van der Waals surface area contributed by atoms with Gasteiger partial charge in [0.2, 0.25) is 0 Å². The Morgan fingerprint density at radius 1 is 1.20 bits per heavy atom. The summed E-state index contributed by atoms with van der Waals surface area (Å²) < 4.78 is 0. The second-order valence-electron chi connectivity index (χ2n) is 5.95. The summed E-state index contributed by atoms with van der Waals surface area (Å²) in [5, 5.41) is 15.4. The first-order valence-electron chi connectivity index (χ1n) is 7.36. The van der Waals surface area contributed by atoms with Gasteiger partial charge in [0, 0.05) is 24.2 Å². The Hall–Kier alpha value is -1.81. The van der Waals surface area contributed by atoms with Crippen molar-refractivity contribution in [1.29, 1.82) is 0 Å². The third-order valence-electron chi connectivity index (χ3n) is 4.73. The quantitative estimate of drug-likeness (QED) is 0.879. The molecule has 4 nitrogen and oxygen atoms in total. The van der Waals surface area contributed by atoms with Crippen molar-refractivity contribution in [3.8, 4) is 5.75 Å². The average molecular weight is 269 g/mol. The van der Waals surface area contributed by atoms with E-state index in [1.807, 2.05) is 18.3 Å². The Labute approximate surface area is 118 Å². The number of rotatable bonds is 2. The molecule has 1 atom stereocenters. The lowest BCUT2D eigenvalue weighted by atomic mass is 9.84. The van der Waals surface area contributed by atoms with Crippen molar-refractivity contribution >= 4 is 16.6 Å². The van der Waals surface area contributed by atoms with E-state index in [2.05, 4.69) is 15.2 Å². The molecule has 0 spiro atoms. The van der Waals surface area contributed by atoms with Crippen LogP contribution in [-0.4, -0.2) is 40.7 Å². The first-order valence-corrected chi connectivity index (χ1v) is 7.36. The number of pyridine rings is 1. The van der Waals surface area contributed by atoms with Gasteiger partial charge in [0.05, 0.1) is 0 Å². The van der Waals surface area contributed by atoms with Crippen molar-refractivity contribution in [1.82, 2.24) is 9.88 Å². The summed E-state index contributed by atoms with van der Waals surface area (Å²) in [6.07, 6.45) is 4.41. The molecule has 0 radical (unpaired) electrons. The maximum absolute atomic E-state index is 9.70. The highest BCUT2D eigenvalue weighted by Crippen LogP contribution is 2.31. The number of hydrogen-bond acceptors (Lipinski definition) is 4.